The summed E-state index contributed by atoms with van der Waals surface area (Å²) in [4.78, 5) is 32.0. The summed E-state index contributed by atoms with van der Waals surface area (Å²) >= 11 is 3.39. The molecule has 0 unspecified atom stereocenters. The molecule has 0 saturated carbocycles. The van der Waals surface area contributed by atoms with Crippen molar-refractivity contribution in [1.29, 1.82) is 0 Å². The summed E-state index contributed by atoms with van der Waals surface area (Å²) in [5.74, 6) is 0.830. The zero-order valence-electron chi connectivity index (χ0n) is 16.8. The molecule has 30 heavy (non-hydrogen) atoms. The van der Waals surface area contributed by atoms with Crippen molar-refractivity contribution in [3.63, 3.8) is 0 Å². The highest BCUT2D eigenvalue weighted by Gasteiger charge is 2.20. The maximum absolute atomic E-state index is 12.9. The quantitative estimate of drug-likeness (QED) is 0.598. The lowest BCUT2D eigenvalue weighted by Gasteiger charge is -2.27. The highest BCUT2D eigenvalue weighted by molar-refractivity contribution is 9.10. The first kappa shape index (κ1) is 20.6. The van der Waals surface area contributed by atoms with E-state index in [1.807, 2.05) is 45.9 Å². The number of amides is 2. The van der Waals surface area contributed by atoms with E-state index >= 15 is 0 Å². The van der Waals surface area contributed by atoms with Gasteiger partial charge in [-0.3, -0.25) is 9.59 Å². The van der Waals surface area contributed by atoms with Gasteiger partial charge in [-0.15, -0.1) is 0 Å². The summed E-state index contributed by atoms with van der Waals surface area (Å²) in [5, 5.41) is 2.95. The van der Waals surface area contributed by atoms with Crippen LogP contribution in [0.15, 0.2) is 53.0 Å². The molecule has 0 radical (unpaired) electrons. The molecule has 1 aromatic heterocycles. The van der Waals surface area contributed by atoms with Gasteiger partial charge in [0, 0.05) is 36.1 Å². The summed E-state index contributed by atoms with van der Waals surface area (Å²) in [7, 11) is 0. The molecule has 7 heteroatoms. The van der Waals surface area contributed by atoms with Crippen molar-refractivity contribution in [1.82, 2.24) is 19.8 Å². The highest BCUT2D eigenvalue weighted by atomic mass is 79.9. The third-order valence-corrected chi connectivity index (χ3v) is 5.95. The topological polar surface area (TPSA) is 67.2 Å². The van der Waals surface area contributed by atoms with Gasteiger partial charge in [-0.1, -0.05) is 34.1 Å². The van der Waals surface area contributed by atoms with Crippen LogP contribution in [0.25, 0.3) is 11.0 Å². The Balaban J connectivity index is 1.47. The molecule has 2 amide bonds. The minimum absolute atomic E-state index is 0.122. The molecular weight excluding hydrogens is 444 g/mol. The normalized spacial score (nSPS) is 14.1. The fourth-order valence-corrected chi connectivity index (χ4v) is 4.29. The highest BCUT2D eigenvalue weighted by Crippen LogP contribution is 2.18. The van der Waals surface area contributed by atoms with Gasteiger partial charge in [0.2, 0.25) is 5.91 Å². The first-order valence-corrected chi connectivity index (χ1v) is 11.2. The fraction of sp³-hybridized carbons (Fsp3) is 0.348. The number of halogens is 1. The Kier molecular flexibility index (Phi) is 6.47. The number of piperidine rings is 1. The van der Waals surface area contributed by atoms with Crippen molar-refractivity contribution in [2.45, 2.75) is 32.2 Å². The standard InChI is InChI=1S/C23H25BrN4O2/c24-18-8-6-7-17(15-18)23(30)25-12-11-21-26-19-9-2-3-10-20(19)28(21)16-22(29)27-13-4-1-5-14-27/h2-3,6-10,15H,1,4-5,11-14,16H2,(H,25,30). The fourth-order valence-electron chi connectivity index (χ4n) is 3.89. The van der Waals surface area contributed by atoms with Crippen LogP contribution in [0.3, 0.4) is 0 Å². The minimum Gasteiger partial charge on any atom is -0.352 e. The smallest absolute Gasteiger partial charge is 0.251 e. The molecule has 1 aliphatic rings. The van der Waals surface area contributed by atoms with Gasteiger partial charge in [-0.25, -0.2) is 4.98 Å². The first-order valence-electron chi connectivity index (χ1n) is 10.4. The van der Waals surface area contributed by atoms with Gasteiger partial charge in [-0.05, 0) is 49.6 Å². The molecular formula is C23H25BrN4O2. The van der Waals surface area contributed by atoms with Crippen molar-refractivity contribution in [3.8, 4) is 0 Å². The van der Waals surface area contributed by atoms with E-state index in [1.165, 1.54) is 6.42 Å². The van der Waals surface area contributed by atoms with E-state index in [9.17, 15) is 9.59 Å². The summed E-state index contributed by atoms with van der Waals surface area (Å²) in [6, 6.07) is 15.2. The van der Waals surface area contributed by atoms with Gasteiger partial charge < -0.3 is 14.8 Å². The van der Waals surface area contributed by atoms with E-state index in [0.29, 0.717) is 18.5 Å². The number of nitrogens with zero attached hydrogens (tertiary/aromatic N) is 3. The number of rotatable bonds is 6. The molecule has 1 aliphatic heterocycles. The summed E-state index contributed by atoms with van der Waals surface area (Å²) in [5.41, 5.74) is 2.44. The molecule has 0 spiro atoms. The monoisotopic (exact) mass is 468 g/mol. The Hall–Kier alpha value is -2.67. The second-order valence-electron chi connectivity index (χ2n) is 7.56. The van der Waals surface area contributed by atoms with Crippen molar-refractivity contribution in [2.24, 2.45) is 0 Å². The van der Waals surface area contributed by atoms with Crippen LogP contribution in [-0.4, -0.2) is 45.9 Å². The van der Waals surface area contributed by atoms with E-state index in [4.69, 9.17) is 4.98 Å². The number of carbonyl (C=O) groups excluding carboxylic acids is 2. The van der Waals surface area contributed by atoms with E-state index in [1.54, 1.807) is 12.1 Å². The maximum atomic E-state index is 12.9. The van der Waals surface area contributed by atoms with Gasteiger partial charge in [0.05, 0.1) is 11.0 Å². The molecule has 0 atom stereocenters. The van der Waals surface area contributed by atoms with Crippen molar-refractivity contribution in [3.05, 3.63) is 64.4 Å². The van der Waals surface area contributed by atoms with Crippen LogP contribution in [-0.2, 0) is 17.8 Å². The number of nitrogens with one attached hydrogen (secondary N) is 1. The number of hydrogen-bond donors (Lipinski definition) is 1. The van der Waals surface area contributed by atoms with Crippen LogP contribution in [0.2, 0.25) is 0 Å². The second kappa shape index (κ2) is 9.43. The lowest BCUT2D eigenvalue weighted by atomic mass is 10.1. The zero-order valence-corrected chi connectivity index (χ0v) is 18.4. The zero-order chi connectivity index (χ0) is 20.9. The Bertz CT molecular complexity index is 1060. The maximum Gasteiger partial charge on any atom is 0.251 e. The average Bonchev–Trinajstić information content (AvgIpc) is 3.11. The van der Waals surface area contributed by atoms with Crippen LogP contribution in [0.1, 0.15) is 35.4 Å². The Labute approximate surface area is 184 Å². The van der Waals surface area contributed by atoms with Gasteiger partial charge in [0.15, 0.2) is 0 Å². The summed E-state index contributed by atoms with van der Waals surface area (Å²) < 4.78 is 2.87. The molecule has 0 bridgehead atoms. The number of para-hydroxylation sites is 2. The minimum atomic E-state index is -0.122. The first-order chi connectivity index (χ1) is 14.6. The van der Waals surface area contributed by atoms with E-state index in [0.717, 1.165) is 47.3 Å². The lowest BCUT2D eigenvalue weighted by Crippen LogP contribution is -2.38. The van der Waals surface area contributed by atoms with Crippen molar-refractivity contribution in [2.75, 3.05) is 19.6 Å². The molecule has 6 nitrogen and oxygen atoms in total. The van der Waals surface area contributed by atoms with Crippen LogP contribution in [0.5, 0.6) is 0 Å². The van der Waals surface area contributed by atoms with Gasteiger partial charge in [0.25, 0.3) is 5.91 Å². The molecule has 156 valence electrons. The Morgan fingerprint density at radius 1 is 1.03 bits per heavy atom. The number of hydrogen-bond acceptors (Lipinski definition) is 3. The molecule has 4 rings (SSSR count). The summed E-state index contributed by atoms with van der Waals surface area (Å²) in [6.07, 6.45) is 3.90. The molecule has 1 saturated heterocycles. The Morgan fingerprint density at radius 2 is 1.83 bits per heavy atom. The molecule has 1 fully saturated rings. The third-order valence-electron chi connectivity index (χ3n) is 5.46. The van der Waals surface area contributed by atoms with E-state index < -0.39 is 0 Å². The number of imidazole rings is 1. The molecule has 3 aromatic rings. The van der Waals surface area contributed by atoms with Crippen LogP contribution < -0.4 is 5.32 Å². The largest absolute Gasteiger partial charge is 0.352 e. The summed E-state index contributed by atoms with van der Waals surface area (Å²) in [6.45, 7) is 2.41. The van der Waals surface area contributed by atoms with Crippen molar-refractivity contribution < 1.29 is 9.59 Å². The van der Waals surface area contributed by atoms with Gasteiger partial charge in [0.1, 0.15) is 12.4 Å². The van der Waals surface area contributed by atoms with Gasteiger partial charge >= 0.3 is 0 Å². The average molecular weight is 469 g/mol. The second-order valence-corrected chi connectivity index (χ2v) is 8.48. The molecule has 2 heterocycles. The Morgan fingerprint density at radius 3 is 2.63 bits per heavy atom. The number of aromatic nitrogens is 2. The molecule has 2 aromatic carbocycles. The van der Waals surface area contributed by atoms with Crippen LogP contribution in [0, 0.1) is 0 Å². The van der Waals surface area contributed by atoms with Crippen LogP contribution >= 0.6 is 15.9 Å². The SMILES string of the molecule is O=C(NCCc1nc2ccccc2n1CC(=O)N1CCCCC1)c1cccc(Br)c1. The predicted octanol–water partition coefficient (Wildman–Crippen LogP) is 3.78. The number of carbonyl (C=O) groups is 2. The van der Waals surface area contributed by atoms with Gasteiger partial charge in [-0.2, -0.15) is 0 Å². The number of fused-ring (bicyclic) bond motifs is 1. The third kappa shape index (κ3) is 4.73. The van der Waals surface area contributed by atoms with E-state index in [-0.39, 0.29) is 18.4 Å². The van der Waals surface area contributed by atoms with Crippen molar-refractivity contribution >= 4 is 38.8 Å². The number of benzene rings is 2. The van der Waals surface area contributed by atoms with E-state index in [2.05, 4.69) is 21.2 Å². The van der Waals surface area contributed by atoms with Crippen LogP contribution in [0.4, 0.5) is 0 Å². The number of likely N-dealkylation sites (tertiary alicyclic amines) is 1. The molecule has 0 aliphatic carbocycles. The predicted molar refractivity (Wildman–Crippen MR) is 120 cm³/mol. The molecule has 1 N–H and O–H groups in total. The lowest BCUT2D eigenvalue weighted by molar-refractivity contribution is -0.132.